The molecule has 1 heterocycles. The molecule has 2 aromatic carbocycles. The molecular formula is C23H27NO2. The fourth-order valence-electron chi connectivity index (χ4n) is 4.19. The number of fused-ring (bicyclic) bond motifs is 3. The van der Waals surface area contributed by atoms with Gasteiger partial charge in [0.2, 0.25) is 0 Å². The van der Waals surface area contributed by atoms with Crippen molar-refractivity contribution in [3.63, 3.8) is 0 Å². The monoisotopic (exact) mass is 349 g/mol. The summed E-state index contributed by atoms with van der Waals surface area (Å²) in [6, 6.07) is 15.3. The summed E-state index contributed by atoms with van der Waals surface area (Å²) in [4.78, 5) is 0. The van der Waals surface area contributed by atoms with E-state index in [1.165, 1.54) is 16.8 Å². The van der Waals surface area contributed by atoms with Crippen molar-refractivity contribution in [1.82, 2.24) is 0 Å². The molecule has 0 fully saturated rings. The molecule has 0 amide bonds. The minimum absolute atomic E-state index is 0.191. The maximum absolute atomic E-state index is 5.91. The van der Waals surface area contributed by atoms with Gasteiger partial charge >= 0.3 is 0 Å². The Bertz CT molecular complexity index is 794. The highest BCUT2D eigenvalue weighted by molar-refractivity contribution is 5.61. The van der Waals surface area contributed by atoms with Crippen molar-refractivity contribution in [2.24, 2.45) is 5.92 Å². The Hall–Kier alpha value is -2.42. The second-order valence-electron chi connectivity index (χ2n) is 7.39. The molecule has 0 saturated heterocycles. The van der Waals surface area contributed by atoms with Gasteiger partial charge < -0.3 is 14.8 Å². The van der Waals surface area contributed by atoms with Crippen LogP contribution in [0.2, 0.25) is 0 Å². The molecule has 4 rings (SSSR count). The highest BCUT2D eigenvalue weighted by Gasteiger charge is 2.38. The van der Waals surface area contributed by atoms with E-state index >= 15 is 0 Å². The zero-order valence-electron chi connectivity index (χ0n) is 15.7. The molecule has 2 aliphatic rings. The summed E-state index contributed by atoms with van der Waals surface area (Å²) in [7, 11) is 0. The third-order valence-corrected chi connectivity index (χ3v) is 5.26. The molecule has 0 radical (unpaired) electrons. The molecule has 0 saturated carbocycles. The quantitative estimate of drug-likeness (QED) is 0.703. The van der Waals surface area contributed by atoms with Gasteiger partial charge in [0.05, 0.1) is 18.8 Å². The van der Waals surface area contributed by atoms with E-state index in [9.17, 15) is 0 Å². The summed E-state index contributed by atoms with van der Waals surface area (Å²) in [6.45, 7) is 6.85. The number of allylic oxidation sites excluding steroid dienone is 2. The van der Waals surface area contributed by atoms with Crippen molar-refractivity contribution in [2.45, 2.75) is 45.3 Å². The van der Waals surface area contributed by atoms with E-state index in [-0.39, 0.29) is 6.10 Å². The largest absolute Gasteiger partial charge is 0.494 e. The van der Waals surface area contributed by atoms with Crippen LogP contribution in [0.4, 0.5) is 5.69 Å². The lowest BCUT2D eigenvalue weighted by atomic mass is 9.77. The highest BCUT2D eigenvalue weighted by atomic mass is 16.5. The maximum Gasteiger partial charge on any atom is 0.120 e. The summed E-state index contributed by atoms with van der Waals surface area (Å²) in [5.41, 5.74) is 3.89. The van der Waals surface area contributed by atoms with Crippen LogP contribution in [0.3, 0.4) is 0 Å². The highest BCUT2D eigenvalue weighted by Crippen LogP contribution is 2.50. The van der Waals surface area contributed by atoms with Gasteiger partial charge in [-0.1, -0.05) is 24.3 Å². The molecule has 1 aliphatic carbocycles. The van der Waals surface area contributed by atoms with Crippen LogP contribution >= 0.6 is 0 Å². The molecule has 0 aromatic heterocycles. The van der Waals surface area contributed by atoms with E-state index in [1.54, 1.807) is 0 Å². The number of anilines is 1. The van der Waals surface area contributed by atoms with Crippen molar-refractivity contribution in [3.8, 4) is 11.5 Å². The zero-order valence-corrected chi connectivity index (χ0v) is 15.7. The average Bonchev–Trinajstić information content (AvgIpc) is 3.12. The van der Waals surface area contributed by atoms with Crippen molar-refractivity contribution < 1.29 is 9.47 Å². The molecule has 26 heavy (non-hydrogen) atoms. The van der Waals surface area contributed by atoms with Crippen molar-refractivity contribution in [3.05, 3.63) is 65.7 Å². The van der Waals surface area contributed by atoms with Gasteiger partial charge in [0.15, 0.2) is 0 Å². The average molecular weight is 349 g/mol. The number of nitrogens with one attached hydrogen (secondary N) is 1. The molecule has 0 bridgehead atoms. The molecular weight excluding hydrogens is 322 g/mol. The molecule has 3 atom stereocenters. The summed E-state index contributed by atoms with van der Waals surface area (Å²) < 4.78 is 11.5. The van der Waals surface area contributed by atoms with Crippen LogP contribution in [0.15, 0.2) is 54.6 Å². The first kappa shape index (κ1) is 17.0. The van der Waals surface area contributed by atoms with Gasteiger partial charge in [-0.25, -0.2) is 0 Å². The van der Waals surface area contributed by atoms with Crippen LogP contribution in [0.1, 0.15) is 50.3 Å². The minimum Gasteiger partial charge on any atom is -0.494 e. The molecule has 136 valence electrons. The third-order valence-electron chi connectivity index (χ3n) is 5.26. The third kappa shape index (κ3) is 3.18. The van der Waals surface area contributed by atoms with Gasteiger partial charge in [-0.3, -0.25) is 0 Å². The van der Waals surface area contributed by atoms with E-state index in [2.05, 4.69) is 73.8 Å². The summed E-state index contributed by atoms with van der Waals surface area (Å²) in [6.07, 6.45) is 5.98. The van der Waals surface area contributed by atoms with Crippen molar-refractivity contribution in [2.75, 3.05) is 11.9 Å². The first-order valence-corrected chi connectivity index (χ1v) is 9.62. The topological polar surface area (TPSA) is 30.5 Å². The Morgan fingerprint density at radius 3 is 2.58 bits per heavy atom. The SMILES string of the molecule is CCOc1ccc(C2Nc3ccc(OC(C)C)cc3C3C=CCC32)cc1. The van der Waals surface area contributed by atoms with E-state index in [1.807, 2.05) is 6.92 Å². The van der Waals surface area contributed by atoms with E-state index in [0.717, 1.165) is 17.9 Å². The van der Waals surface area contributed by atoms with Crippen molar-refractivity contribution in [1.29, 1.82) is 0 Å². The molecule has 1 N–H and O–H groups in total. The lowest BCUT2D eigenvalue weighted by Crippen LogP contribution is -2.29. The van der Waals surface area contributed by atoms with Crippen molar-refractivity contribution >= 4 is 5.69 Å². The summed E-state index contributed by atoms with van der Waals surface area (Å²) in [5, 5.41) is 3.78. The first-order chi connectivity index (χ1) is 12.7. The van der Waals surface area contributed by atoms with Crippen LogP contribution in [-0.4, -0.2) is 12.7 Å². The number of hydrogen-bond donors (Lipinski definition) is 1. The number of benzene rings is 2. The predicted octanol–water partition coefficient (Wildman–Crippen LogP) is 5.70. The molecule has 2 aromatic rings. The Morgan fingerprint density at radius 1 is 1.08 bits per heavy atom. The van der Waals surface area contributed by atoms with Gasteiger partial charge in [0.25, 0.3) is 0 Å². The lowest BCUT2D eigenvalue weighted by Gasteiger charge is -2.37. The normalized spacial score (nSPS) is 23.3. The first-order valence-electron chi connectivity index (χ1n) is 9.62. The van der Waals surface area contributed by atoms with E-state index in [4.69, 9.17) is 9.47 Å². The van der Waals surface area contributed by atoms with Crippen LogP contribution < -0.4 is 14.8 Å². The standard InChI is InChI=1S/C23H27NO2/c1-4-25-17-10-8-16(9-11-17)23-20-7-5-6-19(20)21-14-18(26-15(2)3)12-13-22(21)24-23/h5-6,8-15,19-20,23-24H,4,7H2,1-3H3. The van der Waals surface area contributed by atoms with Gasteiger partial charge in [-0.15, -0.1) is 0 Å². The van der Waals surface area contributed by atoms with Crippen LogP contribution in [-0.2, 0) is 0 Å². The van der Waals surface area contributed by atoms with Gasteiger partial charge in [0, 0.05) is 11.6 Å². The second-order valence-corrected chi connectivity index (χ2v) is 7.39. The lowest BCUT2D eigenvalue weighted by molar-refractivity contribution is 0.242. The Balaban J connectivity index is 1.64. The molecule has 3 nitrogen and oxygen atoms in total. The smallest absolute Gasteiger partial charge is 0.120 e. The van der Waals surface area contributed by atoms with Crippen LogP contribution in [0, 0.1) is 5.92 Å². The maximum atomic E-state index is 5.91. The summed E-state index contributed by atoms with van der Waals surface area (Å²) >= 11 is 0. The number of ether oxygens (including phenoxy) is 2. The fourth-order valence-corrected chi connectivity index (χ4v) is 4.19. The summed E-state index contributed by atoms with van der Waals surface area (Å²) in [5.74, 6) is 2.87. The molecule has 1 aliphatic heterocycles. The van der Waals surface area contributed by atoms with Crippen LogP contribution in [0.5, 0.6) is 11.5 Å². The van der Waals surface area contributed by atoms with Crippen LogP contribution in [0.25, 0.3) is 0 Å². The Kier molecular flexibility index (Phi) is 4.62. The van der Waals surface area contributed by atoms with E-state index < -0.39 is 0 Å². The number of rotatable bonds is 5. The number of hydrogen-bond acceptors (Lipinski definition) is 3. The minimum atomic E-state index is 0.191. The Morgan fingerprint density at radius 2 is 1.85 bits per heavy atom. The molecule has 3 unspecified atom stereocenters. The zero-order chi connectivity index (χ0) is 18.1. The van der Waals surface area contributed by atoms with E-state index in [0.29, 0.717) is 24.5 Å². The van der Waals surface area contributed by atoms with Gasteiger partial charge in [0.1, 0.15) is 11.5 Å². The Labute approximate surface area is 156 Å². The predicted molar refractivity (Wildman–Crippen MR) is 106 cm³/mol. The van der Waals surface area contributed by atoms with Gasteiger partial charge in [-0.2, -0.15) is 0 Å². The molecule has 3 heteroatoms. The second kappa shape index (κ2) is 7.06. The molecule has 0 spiro atoms. The fraction of sp³-hybridized carbons (Fsp3) is 0.391. The van der Waals surface area contributed by atoms with Gasteiger partial charge in [-0.05, 0) is 74.6 Å².